The summed E-state index contributed by atoms with van der Waals surface area (Å²) >= 11 is 0. The molecule has 0 unspecified atom stereocenters. The average Bonchev–Trinajstić information content (AvgIpc) is 0.734. The fraction of sp³-hybridized carbons (Fsp3) is 0. The molecule has 0 aliphatic heterocycles. The van der Waals surface area contributed by atoms with Crippen LogP contribution in [0.1, 0.15) is 0 Å². The number of hydrogen-bond acceptors (Lipinski definition) is 6. The summed E-state index contributed by atoms with van der Waals surface area (Å²) in [5.74, 6) is 0. The maximum absolute atomic E-state index is 4.87. The first-order valence-electron chi connectivity index (χ1n) is 48.2. The molecule has 0 aliphatic rings. The van der Waals surface area contributed by atoms with Crippen LogP contribution in [0, 0.1) is 0 Å². The van der Waals surface area contributed by atoms with Crippen LogP contribution in [0.5, 0.6) is 0 Å². The summed E-state index contributed by atoms with van der Waals surface area (Å²) in [4.78, 5) is 27.3. The Morgan fingerprint density at radius 3 is 0.599 bits per heavy atom. The molecular weight excluding hydrogens is 1720 g/mol. The SMILES string of the molecule is c1ccc(-c2c3ccccc3c(-c3ccc4ccccc4c3)c3cc(-c4ccc(-c5cccnc5)nc4)ccc23)cc1.c1ccc(-c2c3ccccc3c(-c3ccc4ccccc4c3)c3ccc(-c4ccc(-c5cccnc5)nc4)cc23)cc1.c1cncc(-c2ccc(-c3ccc4c(-c5ccc(-c6ccc7ccccc7c6)cc5)c5ccccc5c(-c5ccc(-c6ccc7ccccc7c6)cc5)c4c3)cn2)c1. The van der Waals surface area contributed by atoms with E-state index in [1.165, 1.54) is 197 Å². The van der Waals surface area contributed by atoms with Gasteiger partial charge in [-0.1, -0.05) is 382 Å². The monoisotopic (exact) mass is 1800 g/mol. The Hall–Kier alpha value is -18.9. The second-order valence-corrected chi connectivity index (χ2v) is 36.3. The minimum Gasteiger partial charge on any atom is -0.264 e. The van der Waals surface area contributed by atoms with Gasteiger partial charge >= 0.3 is 0 Å². The van der Waals surface area contributed by atoms with E-state index >= 15 is 0 Å². The lowest BCUT2D eigenvalue weighted by Crippen LogP contribution is -1.92. The van der Waals surface area contributed by atoms with E-state index in [0.29, 0.717) is 0 Å². The molecule has 6 heterocycles. The minimum atomic E-state index is 0.908. The molecule has 6 heteroatoms. The van der Waals surface area contributed by atoms with Crippen molar-refractivity contribution in [3.8, 4) is 156 Å². The highest BCUT2D eigenvalue weighted by atomic mass is 14.7. The molecule has 0 amide bonds. The maximum atomic E-state index is 4.87. The Labute approximate surface area is 822 Å². The normalized spacial score (nSPS) is 11.4. The van der Waals surface area contributed by atoms with Crippen LogP contribution in [-0.2, 0) is 0 Å². The van der Waals surface area contributed by atoms with Gasteiger partial charge in [0.2, 0.25) is 0 Å². The minimum absolute atomic E-state index is 0.908. The lowest BCUT2D eigenvalue weighted by Gasteiger charge is -2.19. The van der Waals surface area contributed by atoms with E-state index in [1.807, 2.05) is 73.6 Å². The van der Waals surface area contributed by atoms with Crippen LogP contribution in [0.15, 0.2) is 535 Å². The molecule has 0 N–H and O–H groups in total. The lowest BCUT2D eigenvalue weighted by atomic mass is 9.84. The van der Waals surface area contributed by atoms with Gasteiger partial charge in [0.15, 0.2) is 0 Å². The molecule has 0 atom stereocenters. The van der Waals surface area contributed by atoms with Gasteiger partial charge in [-0.05, 0) is 310 Å². The first kappa shape index (κ1) is 84.8. The van der Waals surface area contributed by atoms with Crippen molar-refractivity contribution in [3.63, 3.8) is 0 Å². The summed E-state index contributed by atoms with van der Waals surface area (Å²) in [6.07, 6.45) is 16.8. The maximum Gasteiger partial charge on any atom is 0.0717 e. The van der Waals surface area contributed by atoms with Crippen LogP contribution in [0.2, 0.25) is 0 Å². The highest BCUT2D eigenvalue weighted by molar-refractivity contribution is 6.26. The summed E-state index contributed by atoms with van der Waals surface area (Å²) in [7, 11) is 0. The number of fused-ring (bicyclic) bond motifs is 10. The summed E-state index contributed by atoms with van der Waals surface area (Å²) in [5.41, 5.74) is 32.0. The van der Waals surface area contributed by atoms with E-state index in [4.69, 9.17) is 15.0 Å². The van der Waals surface area contributed by atoms with E-state index in [9.17, 15) is 0 Å². The molecule has 0 fully saturated rings. The van der Waals surface area contributed by atoms with E-state index in [0.717, 1.165) is 67.2 Å². The number of aromatic nitrogens is 6. The predicted molar refractivity (Wildman–Crippen MR) is 597 cm³/mol. The van der Waals surface area contributed by atoms with Crippen molar-refractivity contribution in [1.29, 1.82) is 0 Å². The number of hydrogen-bond donors (Lipinski definition) is 0. The van der Waals surface area contributed by atoms with Crippen LogP contribution >= 0.6 is 0 Å². The molecule has 0 spiro atoms. The van der Waals surface area contributed by atoms with Gasteiger partial charge in [-0.25, -0.2) is 0 Å². The van der Waals surface area contributed by atoms with Crippen molar-refractivity contribution in [2.24, 2.45) is 0 Å². The summed E-state index contributed by atoms with van der Waals surface area (Å²) in [6.45, 7) is 0. The molecule has 142 heavy (non-hydrogen) atoms. The number of rotatable bonds is 14. The van der Waals surface area contributed by atoms with Crippen LogP contribution in [-0.4, -0.2) is 29.9 Å². The first-order chi connectivity index (χ1) is 70.4. The third-order valence-corrected chi connectivity index (χ3v) is 27.9. The van der Waals surface area contributed by atoms with Gasteiger partial charge < -0.3 is 0 Å². The van der Waals surface area contributed by atoms with E-state index in [-0.39, 0.29) is 0 Å². The third-order valence-electron chi connectivity index (χ3n) is 27.9. The van der Waals surface area contributed by atoms with Crippen LogP contribution in [0.25, 0.3) is 264 Å². The molecule has 662 valence electrons. The molecule has 27 aromatic rings. The van der Waals surface area contributed by atoms with Crippen molar-refractivity contribution in [2.45, 2.75) is 0 Å². The van der Waals surface area contributed by atoms with Gasteiger partial charge in [-0.3, -0.25) is 29.9 Å². The summed E-state index contributed by atoms with van der Waals surface area (Å²) < 4.78 is 0. The van der Waals surface area contributed by atoms with Crippen LogP contribution < -0.4 is 0 Å². The molecule has 0 saturated heterocycles. The largest absolute Gasteiger partial charge is 0.264 e. The quantitative estimate of drug-likeness (QED) is 0.101. The van der Waals surface area contributed by atoms with Crippen molar-refractivity contribution in [3.05, 3.63) is 535 Å². The molecular formula is C136H88N6. The molecule has 0 saturated carbocycles. The van der Waals surface area contributed by atoms with Crippen molar-refractivity contribution >= 4 is 108 Å². The number of pyridine rings is 6. The topological polar surface area (TPSA) is 77.3 Å². The zero-order valence-corrected chi connectivity index (χ0v) is 77.5. The molecule has 27 rings (SSSR count). The van der Waals surface area contributed by atoms with Gasteiger partial charge in [-0.2, -0.15) is 0 Å². The Balaban J connectivity index is 0.000000114. The Morgan fingerprint density at radius 2 is 0.310 bits per heavy atom. The highest BCUT2D eigenvalue weighted by Gasteiger charge is 2.24. The molecule has 0 bridgehead atoms. The number of benzene rings is 21. The molecule has 6 nitrogen and oxygen atoms in total. The van der Waals surface area contributed by atoms with E-state index in [2.05, 4.69) is 458 Å². The predicted octanol–water partition coefficient (Wildman–Crippen LogP) is 36.3. The van der Waals surface area contributed by atoms with Gasteiger partial charge in [0.25, 0.3) is 0 Å². The number of nitrogens with zero attached hydrogens (tertiary/aromatic N) is 6. The molecule has 0 radical (unpaired) electrons. The Morgan fingerprint density at radius 1 is 0.106 bits per heavy atom. The van der Waals surface area contributed by atoms with Crippen molar-refractivity contribution < 1.29 is 0 Å². The standard InChI is InChI=1S/C56H36N2.2C40H26N2/c1-3-10-43-32-45(25-19-37(43)8-1)39-15-21-41(22-16-39)55-50-13-5-6-14-51(50)56(42-23-17-40(18-24-42)46-26-20-38-9-2-4-11-44(38)33-46)53-34-47(27-29-52(53)55)48-28-30-54(58-36-48)49-12-7-31-57-35-49;1-2-10-28(11-3-1)39-34-14-6-7-15-35(34)40(31-17-16-27-9-4-5-12-29(27)23-31)36-20-18-30(24-37(36)39)32-19-21-38(42-26-32)33-13-8-22-41-25-33;1-2-10-28(11-3-1)39-34-14-6-7-15-35(34)40(31-17-16-27-9-4-5-12-29(27)23-31)37-24-30(18-20-36(37)39)32-19-21-38(42-26-32)33-13-8-22-41-25-33/h1-36H;2*1-26H. The fourth-order valence-corrected chi connectivity index (χ4v) is 21.0. The zero-order valence-electron chi connectivity index (χ0n) is 77.5. The lowest BCUT2D eigenvalue weighted by molar-refractivity contribution is 1.28. The van der Waals surface area contributed by atoms with E-state index in [1.54, 1.807) is 18.6 Å². The highest BCUT2D eigenvalue weighted by Crippen LogP contribution is 2.51. The van der Waals surface area contributed by atoms with Crippen molar-refractivity contribution in [2.75, 3.05) is 0 Å². The average molecular weight is 1810 g/mol. The van der Waals surface area contributed by atoms with Crippen LogP contribution in [0.4, 0.5) is 0 Å². The molecule has 21 aromatic carbocycles. The third kappa shape index (κ3) is 16.3. The Bertz CT molecular complexity index is 9450. The summed E-state index contributed by atoms with van der Waals surface area (Å²) in [6, 6.07) is 173. The zero-order chi connectivity index (χ0) is 94.2. The first-order valence-corrected chi connectivity index (χ1v) is 48.2. The fourth-order valence-electron chi connectivity index (χ4n) is 21.0. The van der Waals surface area contributed by atoms with E-state index < -0.39 is 0 Å². The van der Waals surface area contributed by atoms with Crippen molar-refractivity contribution in [1.82, 2.24) is 29.9 Å². The van der Waals surface area contributed by atoms with Gasteiger partial charge in [-0.15, -0.1) is 0 Å². The smallest absolute Gasteiger partial charge is 0.0717 e. The molecule has 6 aromatic heterocycles. The second-order valence-electron chi connectivity index (χ2n) is 36.3. The van der Waals surface area contributed by atoms with Gasteiger partial charge in [0, 0.05) is 89.2 Å². The van der Waals surface area contributed by atoms with Gasteiger partial charge in [0.1, 0.15) is 0 Å². The molecule has 0 aliphatic carbocycles. The Kier molecular flexibility index (Phi) is 22.3. The van der Waals surface area contributed by atoms with Crippen LogP contribution in [0.3, 0.4) is 0 Å². The van der Waals surface area contributed by atoms with Gasteiger partial charge in [0.05, 0.1) is 17.1 Å². The summed E-state index contributed by atoms with van der Waals surface area (Å²) in [5, 5.41) is 24.8. The second kappa shape index (κ2) is 37.3.